The van der Waals surface area contributed by atoms with Gasteiger partial charge in [0.1, 0.15) is 11.2 Å². The van der Waals surface area contributed by atoms with Gasteiger partial charge >= 0.3 is 0 Å². The highest BCUT2D eigenvalue weighted by molar-refractivity contribution is 7.27. The first-order valence-electron chi connectivity index (χ1n) is 34.3. The monoisotopic (exact) mass is 1340 g/mol. The molecule has 8 heterocycles. The summed E-state index contributed by atoms with van der Waals surface area (Å²) < 4.78 is 23.2. The molecule has 0 fully saturated rings. The van der Waals surface area contributed by atoms with Gasteiger partial charge in [0.2, 0.25) is 11.4 Å². The summed E-state index contributed by atoms with van der Waals surface area (Å²) in [5, 5.41) is 21.4. The predicted molar refractivity (Wildman–Crippen MR) is 427 cm³/mol. The zero-order valence-electron chi connectivity index (χ0n) is 54.3. The Morgan fingerprint density at radius 1 is 0.275 bits per heavy atom. The Morgan fingerprint density at radius 3 is 1.36 bits per heavy atom. The average molecular weight is 1340 g/mol. The van der Waals surface area contributed by atoms with Gasteiger partial charge in [-0.3, -0.25) is 0 Å². The van der Waals surface area contributed by atoms with E-state index in [4.69, 9.17) is 28.8 Å². The fourth-order valence-corrected chi connectivity index (χ4v) is 18.8. The summed E-state index contributed by atoms with van der Waals surface area (Å²) in [6.07, 6.45) is 0. The highest BCUT2D eigenvalue weighted by Crippen LogP contribution is 2.52. The molecule has 0 aliphatic carbocycles. The molecule has 0 saturated heterocycles. The summed E-state index contributed by atoms with van der Waals surface area (Å²) in [5.41, 5.74) is 15.4. The second-order valence-corrected chi connectivity index (χ2v) is 28.3. The van der Waals surface area contributed by atoms with Crippen molar-refractivity contribution in [3.63, 3.8) is 0 Å². The van der Waals surface area contributed by atoms with Gasteiger partial charge in [-0.15, -0.1) is 22.7 Å². The lowest BCUT2D eigenvalue weighted by Gasteiger charge is -2.16. The maximum absolute atomic E-state index is 6.74. The number of hydrogen-bond acceptors (Lipinski definition) is 8. The van der Waals surface area contributed by atoms with Crippen molar-refractivity contribution in [1.82, 2.24) is 29.1 Å². The van der Waals surface area contributed by atoms with Gasteiger partial charge in [0.25, 0.3) is 0 Å². The molecule has 0 aliphatic rings. The van der Waals surface area contributed by atoms with Crippen LogP contribution < -0.4 is 0 Å². The fraction of sp³-hybridized carbons (Fsp3) is 0. The maximum atomic E-state index is 6.74. The van der Waals surface area contributed by atoms with Crippen molar-refractivity contribution in [3.05, 3.63) is 315 Å². The lowest BCUT2D eigenvalue weighted by molar-refractivity contribution is 0.653. The van der Waals surface area contributed by atoms with Crippen LogP contribution in [0.1, 0.15) is 0 Å². The van der Waals surface area contributed by atoms with Crippen LogP contribution in [-0.4, -0.2) is 29.1 Å². The number of furan rings is 2. The van der Waals surface area contributed by atoms with Crippen molar-refractivity contribution >= 4 is 183 Å². The Balaban J connectivity index is 0.000000129. The molecule has 0 spiro atoms. The SMILES string of the molecule is c1ccc(-c2nc(-c3ccc(-n4c5ccccc5c5c6sc7ccccc7c6c6ccccc6c54)cc3)c3c(n2)oc2ccccc23)cc1.c1ccc(-c2nc(-c3ccccc3-n3c4ccccc4c4c5sc6ccccc6c5c5ccccc5c43)c3c(n2)oc2c4ccccc4ccc23)cc1. The first-order valence-corrected chi connectivity index (χ1v) is 35.9. The molecule has 23 rings (SSSR count). The van der Waals surface area contributed by atoms with Crippen LogP contribution in [0.5, 0.6) is 0 Å². The van der Waals surface area contributed by atoms with Gasteiger partial charge in [-0.1, -0.05) is 261 Å². The van der Waals surface area contributed by atoms with E-state index in [2.05, 4.69) is 258 Å². The van der Waals surface area contributed by atoms with Crippen LogP contribution in [0, 0.1) is 0 Å². The van der Waals surface area contributed by atoms with Crippen molar-refractivity contribution in [2.75, 3.05) is 0 Å². The minimum Gasteiger partial charge on any atom is -0.438 e. The molecule has 0 saturated carbocycles. The van der Waals surface area contributed by atoms with Gasteiger partial charge in [0.15, 0.2) is 11.6 Å². The Kier molecular flexibility index (Phi) is 12.4. The zero-order valence-corrected chi connectivity index (χ0v) is 56.0. The molecule has 102 heavy (non-hydrogen) atoms. The molecule has 0 unspecified atom stereocenters. The number of nitrogens with zero attached hydrogens (tertiary/aromatic N) is 6. The number of para-hydroxylation sites is 4. The summed E-state index contributed by atoms with van der Waals surface area (Å²) in [5.74, 6) is 1.28. The molecule has 0 atom stereocenters. The maximum Gasteiger partial charge on any atom is 0.231 e. The van der Waals surface area contributed by atoms with E-state index in [0.717, 1.165) is 94.0 Å². The third-order valence-electron chi connectivity index (χ3n) is 20.6. The molecule has 0 bridgehead atoms. The summed E-state index contributed by atoms with van der Waals surface area (Å²) in [4.78, 5) is 20.6. The van der Waals surface area contributed by atoms with Crippen LogP contribution in [0.15, 0.2) is 324 Å². The number of aromatic nitrogens is 6. The molecular weight excluding hydrogens is 1290 g/mol. The average Bonchev–Trinajstić information content (AvgIpc) is 1.54. The molecule has 0 amide bonds. The van der Waals surface area contributed by atoms with Gasteiger partial charge in [-0.05, 0) is 70.8 Å². The van der Waals surface area contributed by atoms with Gasteiger partial charge in [0.05, 0.1) is 49.9 Å². The van der Waals surface area contributed by atoms with E-state index in [0.29, 0.717) is 23.1 Å². The van der Waals surface area contributed by atoms with Crippen molar-refractivity contribution in [2.24, 2.45) is 0 Å². The Hall–Kier alpha value is -13.1. The largest absolute Gasteiger partial charge is 0.438 e. The third kappa shape index (κ3) is 8.36. The zero-order chi connectivity index (χ0) is 66.7. The van der Waals surface area contributed by atoms with E-state index in [1.54, 1.807) is 0 Å². The first-order chi connectivity index (χ1) is 50.6. The topological polar surface area (TPSA) is 87.7 Å². The minimum absolute atomic E-state index is 0.578. The van der Waals surface area contributed by atoms with Gasteiger partial charge in [0, 0.05) is 117 Å². The fourth-order valence-electron chi connectivity index (χ4n) is 16.3. The molecule has 0 aliphatic heterocycles. The molecule has 474 valence electrons. The van der Waals surface area contributed by atoms with Crippen LogP contribution in [0.3, 0.4) is 0 Å². The van der Waals surface area contributed by atoms with Crippen molar-refractivity contribution < 1.29 is 8.83 Å². The van der Waals surface area contributed by atoms with Crippen molar-refractivity contribution in [1.29, 1.82) is 0 Å². The lowest BCUT2D eigenvalue weighted by atomic mass is 9.99. The van der Waals surface area contributed by atoms with E-state index < -0.39 is 0 Å². The number of hydrogen-bond donors (Lipinski definition) is 0. The lowest BCUT2D eigenvalue weighted by Crippen LogP contribution is -2.00. The second-order valence-electron chi connectivity index (χ2n) is 26.2. The van der Waals surface area contributed by atoms with E-state index in [1.807, 2.05) is 89.4 Å². The number of benzene rings is 15. The summed E-state index contributed by atoms with van der Waals surface area (Å²) in [6, 6.07) is 112. The highest BCUT2D eigenvalue weighted by atomic mass is 32.1. The minimum atomic E-state index is 0.578. The van der Waals surface area contributed by atoms with Gasteiger partial charge in [-0.25, -0.2) is 9.97 Å². The van der Waals surface area contributed by atoms with Crippen LogP contribution in [0.2, 0.25) is 0 Å². The molecule has 23 aromatic rings. The summed E-state index contributed by atoms with van der Waals surface area (Å²) >= 11 is 3.78. The molecule has 0 radical (unpaired) electrons. The Labute approximate surface area is 589 Å². The first kappa shape index (κ1) is 56.9. The molecule has 8 nitrogen and oxygen atoms in total. The quantitative estimate of drug-likeness (QED) is 0.165. The van der Waals surface area contributed by atoms with E-state index >= 15 is 0 Å². The van der Waals surface area contributed by atoms with Crippen LogP contribution in [0.4, 0.5) is 0 Å². The predicted octanol–water partition coefficient (Wildman–Crippen LogP) is 25.8. The van der Waals surface area contributed by atoms with Gasteiger partial charge in [-0.2, -0.15) is 9.97 Å². The number of fused-ring (bicyclic) bond motifs is 28. The summed E-state index contributed by atoms with van der Waals surface area (Å²) in [7, 11) is 0. The number of rotatable bonds is 6. The Morgan fingerprint density at radius 2 is 0.735 bits per heavy atom. The molecule has 8 aromatic heterocycles. The summed E-state index contributed by atoms with van der Waals surface area (Å²) in [6.45, 7) is 0. The van der Waals surface area contributed by atoms with Crippen LogP contribution >= 0.6 is 22.7 Å². The second kappa shape index (κ2) is 22.2. The smallest absolute Gasteiger partial charge is 0.231 e. The van der Waals surface area contributed by atoms with Crippen LogP contribution in [0.25, 0.3) is 217 Å². The number of thiophene rings is 2. The van der Waals surface area contributed by atoms with E-state index in [9.17, 15) is 0 Å². The van der Waals surface area contributed by atoms with Crippen molar-refractivity contribution in [2.45, 2.75) is 0 Å². The van der Waals surface area contributed by atoms with Gasteiger partial charge < -0.3 is 18.0 Å². The Bertz CT molecular complexity index is 7450. The van der Waals surface area contributed by atoms with Crippen molar-refractivity contribution in [3.8, 4) is 56.7 Å². The molecule has 0 N–H and O–H groups in total. The molecule has 10 heteroatoms. The molecule has 15 aromatic carbocycles. The molecular formula is C92H52N6O2S2. The highest BCUT2D eigenvalue weighted by Gasteiger charge is 2.28. The van der Waals surface area contributed by atoms with E-state index in [-0.39, 0.29) is 0 Å². The van der Waals surface area contributed by atoms with Crippen LogP contribution in [-0.2, 0) is 0 Å². The third-order valence-corrected chi connectivity index (χ3v) is 23.0. The standard InChI is InChI=1S/C48H27N3OS.C44H25N3OS/c1-2-15-29(16-3-1)47-49-43(41-36-27-26-28-14-4-5-17-30(28)45(36)52-48(41)50-47)34-21-9-12-24-38(34)51-37-23-11-8-20-33(37)42-44(51)32-19-7-6-18-31(32)40-35-22-10-13-25-39(35)53-46(40)42;1-2-12-27(13-3-1)43-45-40(38-32-17-7-10-20-35(32)48-44(38)46-43)26-22-24-28(25-23-26)47-34-19-9-6-16-31(34)39-41(47)30-15-5-4-14-29(30)37-33-18-8-11-21-36(33)49-42(37)39/h1-27H;1-25H. The van der Waals surface area contributed by atoms with E-state index in [1.165, 1.54) is 100.0 Å². The normalized spacial score (nSPS) is 12.1.